The van der Waals surface area contributed by atoms with Gasteiger partial charge in [-0.05, 0) is 35.4 Å². The summed E-state index contributed by atoms with van der Waals surface area (Å²) in [5.41, 5.74) is 2.45. The number of aliphatic carboxylic acids is 1. The maximum absolute atomic E-state index is 10.4. The highest BCUT2D eigenvalue weighted by molar-refractivity contribution is 5.67. The van der Waals surface area contributed by atoms with Crippen LogP contribution in [0.1, 0.15) is 12.0 Å². The number of carbonyl (C=O) groups is 1. The molecule has 0 aliphatic rings. The molecule has 0 fully saturated rings. The zero-order valence-corrected chi connectivity index (χ0v) is 10.7. The zero-order chi connectivity index (χ0) is 14.4. The molecule has 1 N–H and O–H groups in total. The second-order valence-corrected chi connectivity index (χ2v) is 4.21. The monoisotopic (exact) mass is 267 g/mol. The second-order valence-electron chi connectivity index (χ2n) is 4.21. The Hall–Kier alpha value is -2.80. The molecule has 2 aromatic carbocycles. The molecule has 100 valence electrons. The van der Waals surface area contributed by atoms with Crippen LogP contribution in [0, 0.1) is 11.3 Å². The van der Waals surface area contributed by atoms with E-state index >= 15 is 0 Å². The summed E-state index contributed by atoms with van der Waals surface area (Å²) in [6, 6.07) is 16.8. The van der Waals surface area contributed by atoms with Gasteiger partial charge in [0, 0.05) is 0 Å². The summed E-state index contributed by atoms with van der Waals surface area (Å²) in [5.74, 6) is -0.269. The van der Waals surface area contributed by atoms with Crippen molar-refractivity contribution < 1.29 is 14.6 Å². The molecule has 0 heterocycles. The Balaban J connectivity index is 2.16. The zero-order valence-electron chi connectivity index (χ0n) is 10.7. The number of rotatable bonds is 5. The maximum Gasteiger partial charge on any atom is 0.306 e. The van der Waals surface area contributed by atoms with Gasteiger partial charge in [0.2, 0.25) is 0 Å². The third-order valence-electron chi connectivity index (χ3n) is 2.74. The van der Waals surface area contributed by atoms with Gasteiger partial charge in [-0.1, -0.05) is 24.3 Å². The van der Waals surface area contributed by atoms with E-state index < -0.39 is 5.97 Å². The fourth-order valence-corrected chi connectivity index (χ4v) is 1.79. The molecule has 2 aromatic rings. The van der Waals surface area contributed by atoms with Crippen molar-refractivity contribution in [3.05, 3.63) is 54.1 Å². The molecule has 0 saturated carbocycles. The first-order valence-corrected chi connectivity index (χ1v) is 6.14. The van der Waals surface area contributed by atoms with Gasteiger partial charge < -0.3 is 9.84 Å². The molecule has 0 aliphatic heterocycles. The average molecular weight is 267 g/mol. The quantitative estimate of drug-likeness (QED) is 0.903. The number of hydrogen-bond donors (Lipinski definition) is 1. The molecule has 0 aliphatic carbocycles. The Morgan fingerprint density at radius 3 is 2.55 bits per heavy atom. The van der Waals surface area contributed by atoms with Crippen molar-refractivity contribution in [2.75, 3.05) is 6.61 Å². The minimum atomic E-state index is -0.886. The normalized spacial score (nSPS) is 9.75. The smallest absolute Gasteiger partial charge is 0.306 e. The predicted molar refractivity (Wildman–Crippen MR) is 74.3 cm³/mol. The van der Waals surface area contributed by atoms with Gasteiger partial charge in [0.1, 0.15) is 5.75 Å². The van der Waals surface area contributed by atoms with Crippen LogP contribution < -0.4 is 4.74 Å². The first kappa shape index (κ1) is 13.6. The lowest BCUT2D eigenvalue weighted by molar-refractivity contribution is -0.137. The highest BCUT2D eigenvalue weighted by Crippen LogP contribution is 2.24. The minimum Gasteiger partial charge on any atom is -0.493 e. The lowest BCUT2D eigenvalue weighted by Crippen LogP contribution is -2.04. The van der Waals surface area contributed by atoms with Crippen LogP contribution in [-0.4, -0.2) is 17.7 Å². The molecule has 0 atom stereocenters. The van der Waals surface area contributed by atoms with E-state index in [9.17, 15) is 4.79 Å². The van der Waals surface area contributed by atoms with E-state index in [0.717, 1.165) is 11.1 Å². The van der Waals surface area contributed by atoms with E-state index in [0.29, 0.717) is 11.3 Å². The third-order valence-corrected chi connectivity index (χ3v) is 2.74. The van der Waals surface area contributed by atoms with E-state index in [4.69, 9.17) is 15.1 Å². The number of nitriles is 1. The highest BCUT2D eigenvalue weighted by Gasteiger charge is 2.02. The molecule has 0 aromatic heterocycles. The molecular weight excluding hydrogens is 254 g/mol. The lowest BCUT2D eigenvalue weighted by atomic mass is 10.0. The first-order chi connectivity index (χ1) is 9.69. The molecule has 0 radical (unpaired) electrons. The van der Waals surface area contributed by atoms with Gasteiger partial charge in [-0.15, -0.1) is 0 Å². The molecule has 4 heteroatoms. The van der Waals surface area contributed by atoms with Crippen molar-refractivity contribution in [3.8, 4) is 22.9 Å². The largest absolute Gasteiger partial charge is 0.493 e. The highest BCUT2D eigenvalue weighted by atomic mass is 16.5. The number of benzene rings is 2. The van der Waals surface area contributed by atoms with Crippen LogP contribution in [0.15, 0.2) is 48.5 Å². The Morgan fingerprint density at radius 2 is 1.85 bits per heavy atom. The molecular formula is C16H13NO3. The Kier molecular flexibility index (Phi) is 4.35. The minimum absolute atomic E-state index is 0.0336. The number of carboxylic acids is 1. The SMILES string of the molecule is N#Cc1cccc(-c2cccc(OCCC(=O)O)c2)c1. The van der Waals surface area contributed by atoms with Crippen LogP contribution in [0.5, 0.6) is 5.75 Å². The van der Waals surface area contributed by atoms with E-state index in [1.807, 2.05) is 30.3 Å². The van der Waals surface area contributed by atoms with E-state index in [2.05, 4.69) is 6.07 Å². The molecule has 0 unspecified atom stereocenters. The van der Waals surface area contributed by atoms with Crippen LogP contribution in [0.3, 0.4) is 0 Å². The summed E-state index contributed by atoms with van der Waals surface area (Å²) in [5, 5.41) is 17.5. The fraction of sp³-hybridized carbons (Fsp3) is 0.125. The molecule has 20 heavy (non-hydrogen) atoms. The van der Waals surface area contributed by atoms with Gasteiger partial charge in [0.05, 0.1) is 24.7 Å². The topological polar surface area (TPSA) is 70.3 Å². The van der Waals surface area contributed by atoms with Gasteiger partial charge in [-0.2, -0.15) is 5.26 Å². The maximum atomic E-state index is 10.4. The number of hydrogen-bond acceptors (Lipinski definition) is 3. The fourth-order valence-electron chi connectivity index (χ4n) is 1.79. The van der Waals surface area contributed by atoms with Crippen LogP contribution in [-0.2, 0) is 4.79 Å². The van der Waals surface area contributed by atoms with Crippen molar-refractivity contribution in [2.45, 2.75) is 6.42 Å². The molecule has 2 rings (SSSR count). The summed E-state index contributed by atoms with van der Waals surface area (Å²) in [4.78, 5) is 10.4. The van der Waals surface area contributed by atoms with Gasteiger partial charge >= 0.3 is 5.97 Å². The standard InChI is InChI=1S/C16H13NO3/c17-11-12-3-1-4-13(9-12)14-5-2-6-15(10-14)20-8-7-16(18)19/h1-6,9-10H,7-8H2,(H,18,19). The van der Waals surface area contributed by atoms with E-state index in [-0.39, 0.29) is 13.0 Å². The van der Waals surface area contributed by atoms with Crippen molar-refractivity contribution in [1.29, 1.82) is 5.26 Å². The van der Waals surface area contributed by atoms with Gasteiger partial charge in [0.25, 0.3) is 0 Å². The van der Waals surface area contributed by atoms with Crippen LogP contribution in [0.25, 0.3) is 11.1 Å². The Morgan fingerprint density at radius 1 is 1.15 bits per heavy atom. The third kappa shape index (κ3) is 3.59. The predicted octanol–water partition coefficient (Wildman–Crippen LogP) is 3.08. The molecule has 0 saturated heterocycles. The van der Waals surface area contributed by atoms with Crippen molar-refractivity contribution in [1.82, 2.24) is 0 Å². The van der Waals surface area contributed by atoms with Gasteiger partial charge in [0.15, 0.2) is 0 Å². The Labute approximate surface area is 116 Å². The average Bonchev–Trinajstić information content (AvgIpc) is 2.47. The van der Waals surface area contributed by atoms with Crippen molar-refractivity contribution >= 4 is 5.97 Å². The Bertz CT molecular complexity index is 659. The summed E-state index contributed by atoms with van der Waals surface area (Å²) in [7, 11) is 0. The van der Waals surface area contributed by atoms with Crippen molar-refractivity contribution in [2.24, 2.45) is 0 Å². The number of ether oxygens (including phenoxy) is 1. The molecule has 0 spiro atoms. The van der Waals surface area contributed by atoms with Crippen LogP contribution >= 0.6 is 0 Å². The number of nitrogens with zero attached hydrogens (tertiary/aromatic N) is 1. The second kappa shape index (κ2) is 6.39. The van der Waals surface area contributed by atoms with E-state index in [1.54, 1.807) is 18.2 Å². The summed E-state index contributed by atoms with van der Waals surface area (Å²) in [6.07, 6.45) is -0.0336. The van der Waals surface area contributed by atoms with E-state index in [1.165, 1.54) is 0 Å². The summed E-state index contributed by atoms with van der Waals surface area (Å²) >= 11 is 0. The van der Waals surface area contributed by atoms with Gasteiger partial charge in [-0.25, -0.2) is 0 Å². The van der Waals surface area contributed by atoms with Crippen molar-refractivity contribution in [3.63, 3.8) is 0 Å². The summed E-state index contributed by atoms with van der Waals surface area (Å²) in [6.45, 7) is 0.136. The molecule has 0 bridgehead atoms. The van der Waals surface area contributed by atoms with Crippen LogP contribution in [0.4, 0.5) is 0 Å². The molecule has 4 nitrogen and oxygen atoms in total. The summed E-state index contributed by atoms with van der Waals surface area (Å²) < 4.78 is 5.39. The van der Waals surface area contributed by atoms with Crippen LogP contribution in [0.2, 0.25) is 0 Å². The molecule has 0 amide bonds. The first-order valence-electron chi connectivity index (χ1n) is 6.14. The number of carboxylic acid groups (broad SMARTS) is 1. The van der Waals surface area contributed by atoms with Gasteiger partial charge in [-0.3, -0.25) is 4.79 Å². The lowest BCUT2D eigenvalue weighted by Gasteiger charge is -2.07.